The van der Waals surface area contributed by atoms with E-state index in [0.29, 0.717) is 11.7 Å². The average Bonchev–Trinajstić information content (AvgIpc) is 2.64. The predicted molar refractivity (Wildman–Crippen MR) is 60.5 cm³/mol. The molecule has 0 amide bonds. The molecular formula is C11H14FNS. The zero-order valence-corrected chi connectivity index (χ0v) is 9.03. The van der Waals surface area contributed by atoms with E-state index in [2.05, 4.69) is 5.32 Å². The summed E-state index contributed by atoms with van der Waals surface area (Å²) in [6.45, 7) is 1.98. The van der Waals surface area contributed by atoms with Gasteiger partial charge in [0.25, 0.3) is 0 Å². The van der Waals surface area contributed by atoms with E-state index >= 15 is 0 Å². The molecule has 1 fully saturated rings. The van der Waals surface area contributed by atoms with Crippen molar-refractivity contribution >= 4 is 17.4 Å². The fourth-order valence-electron chi connectivity index (χ4n) is 1.62. The van der Waals surface area contributed by atoms with Gasteiger partial charge in [0.05, 0.1) is 5.69 Å². The molecule has 0 aromatic heterocycles. The molecule has 0 saturated carbocycles. The monoisotopic (exact) mass is 211 g/mol. The Labute approximate surface area is 88.1 Å². The van der Waals surface area contributed by atoms with Gasteiger partial charge in [0.1, 0.15) is 5.82 Å². The molecule has 1 aromatic rings. The zero-order chi connectivity index (χ0) is 9.97. The highest BCUT2D eigenvalue weighted by Gasteiger charge is 2.16. The maximum Gasteiger partial charge on any atom is 0.146 e. The van der Waals surface area contributed by atoms with E-state index < -0.39 is 0 Å². The molecule has 1 saturated heterocycles. The van der Waals surface area contributed by atoms with Crippen LogP contribution in [0.25, 0.3) is 0 Å². The molecule has 0 spiro atoms. The molecule has 2 rings (SSSR count). The number of aryl methyl sites for hydroxylation is 1. The van der Waals surface area contributed by atoms with Gasteiger partial charge in [-0.2, -0.15) is 11.8 Å². The molecule has 1 unspecified atom stereocenters. The summed E-state index contributed by atoms with van der Waals surface area (Å²) in [7, 11) is 0. The number of benzene rings is 1. The number of hydrogen-bond donors (Lipinski definition) is 1. The van der Waals surface area contributed by atoms with Gasteiger partial charge in [0.2, 0.25) is 0 Å². The minimum atomic E-state index is -0.146. The summed E-state index contributed by atoms with van der Waals surface area (Å²) >= 11 is 1.93. The van der Waals surface area contributed by atoms with Crippen LogP contribution in [0.3, 0.4) is 0 Å². The van der Waals surface area contributed by atoms with Gasteiger partial charge in [-0.05, 0) is 36.8 Å². The largest absolute Gasteiger partial charge is 0.379 e. The Kier molecular flexibility index (Phi) is 2.96. The lowest BCUT2D eigenvalue weighted by Gasteiger charge is -2.13. The Hall–Kier alpha value is -0.700. The third-order valence-corrected chi connectivity index (χ3v) is 3.57. The molecule has 0 radical (unpaired) electrons. The molecule has 1 heterocycles. The molecule has 1 aromatic carbocycles. The summed E-state index contributed by atoms with van der Waals surface area (Å²) in [4.78, 5) is 0. The molecule has 14 heavy (non-hydrogen) atoms. The van der Waals surface area contributed by atoms with Crippen LogP contribution < -0.4 is 5.32 Å². The summed E-state index contributed by atoms with van der Waals surface area (Å²) < 4.78 is 13.4. The van der Waals surface area contributed by atoms with Crippen molar-refractivity contribution < 1.29 is 4.39 Å². The smallest absolute Gasteiger partial charge is 0.146 e. The standard InChI is InChI=1S/C11H14FNS/c1-8-2-3-10(12)11(6-8)13-9-4-5-14-7-9/h2-3,6,9,13H,4-5,7H2,1H3. The van der Waals surface area contributed by atoms with Crippen LogP contribution in [0.2, 0.25) is 0 Å². The van der Waals surface area contributed by atoms with E-state index in [4.69, 9.17) is 0 Å². The lowest BCUT2D eigenvalue weighted by molar-refractivity contribution is 0.626. The van der Waals surface area contributed by atoms with Crippen molar-refractivity contribution in [2.45, 2.75) is 19.4 Å². The second-order valence-electron chi connectivity index (χ2n) is 3.69. The fourth-order valence-corrected chi connectivity index (χ4v) is 2.77. The van der Waals surface area contributed by atoms with Crippen molar-refractivity contribution in [1.29, 1.82) is 0 Å². The summed E-state index contributed by atoms with van der Waals surface area (Å²) in [6, 6.07) is 5.64. The normalized spacial score (nSPS) is 21.1. The van der Waals surface area contributed by atoms with Crippen molar-refractivity contribution in [2.24, 2.45) is 0 Å². The first-order valence-corrected chi connectivity index (χ1v) is 6.01. The number of anilines is 1. The Morgan fingerprint density at radius 2 is 2.36 bits per heavy atom. The molecule has 0 bridgehead atoms. The quantitative estimate of drug-likeness (QED) is 0.807. The molecule has 0 aliphatic carbocycles. The van der Waals surface area contributed by atoms with E-state index in [0.717, 1.165) is 17.7 Å². The van der Waals surface area contributed by atoms with Crippen molar-refractivity contribution in [1.82, 2.24) is 0 Å². The minimum Gasteiger partial charge on any atom is -0.379 e. The first-order valence-electron chi connectivity index (χ1n) is 4.86. The summed E-state index contributed by atoms with van der Waals surface area (Å²) in [5.74, 6) is 2.13. The van der Waals surface area contributed by atoms with Crippen molar-refractivity contribution in [3.05, 3.63) is 29.6 Å². The maximum atomic E-state index is 13.4. The highest BCUT2D eigenvalue weighted by atomic mass is 32.2. The Morgan fingerprint density at radius 1 is 1.50 bits per heavy atom. The van der Waals surface area contributed by atoms with Gasteiger partial charge in [0.15, 0.2) is 0 Å². The second-order valence-corrected chi connectivity index (χ2v) is 4.84. The van der Waals surface area contributed by atoms with Crippen LogP contribution in [-0.4, -0.2) is 17.5 Å². The molecule has 1 nitrogen and oxygen atoms in total. The molecule has 3 heteroatoms. The SMILES string of the molecule is Cc1ccc(F)c(NC2CCSC2)c1. The van der Waals surface area contributed by atoms with Crippen LogP contribution in [0.5, 0.6) is 0 Å². The van der Waals surface area contributed by atoms with Crippen LogP contribution in [0.15, 0.2) is 18.2 Å². The van der Waals surface area contributed by atoms with E-state index in [-0.39, 0.29) is 5.82 Å². The van der Waals surface area contributed by atoms with Crippen molar-refractivity contribution in [3.63, 3.8) is 0 Å². The van der Waals surface area contributed by atoms with Crippen LogP contribution in [-0.2, 0) is 0 Å². The second kappa shape index (κ2) is 4.22. The predicted octanol–water partition coefficient (Wildman–Crippen LogP) is 3.05. The number of thioether (sulfide) groups is 1. The van der Waals surface area contributed by atoms with Gasteiger partial charge >= 0.3 is 0 Å². The van der Waals surface area contributed by atoms with Crippen LogP contribution in [0, 0.1) is 12.7 Å². The number of halogens is 1. The number of nitrogens with one attached hydrogen (secondary N) is 1. The first kappa shape index (κ1) is 9.84. The minimum absolute atomic E-state index is 0.146. The third kappa shape index (κ3) is 2.21. The topological polar surface area (TPSA) is 12.0 Å². The van der Waals surface area contributed by atoms with Crippen molar-refractivity contribution in [2.75, 3.05) is 16.8 Å². The Balaban J connectivity index is 2.10. The highest BCUT2D eigenvalue weighted by Crippen LogP contribution is 2.23. The lowest BCUT2D eigenvalue weighted by Crippen LogP contribution is -2.18. The molecule has 1 atom stereocenters. The molecule has 1 aliphatic rings. The van der Waals surface area contributed by atoms with E-state index in [1.54, 1.807) is 6.07 Å². The molecule has 76 valence electrons. The van der Waals surface area contributed by atoms with Gasteiger partial charge in [-0.15, -0.1) is 0 Å². The number of rotatable bonds is 2. The molecule has 1 aliphatic heterocycles. The van der Waals surface area contributed by atoms with Crippen LogP contribution in [0.1, 0.15) is 12.0 Å². The van der Waals surface area contributed by atoms with Gasteiger partial charge in [-0.25, -0.2) is 4.39 Å². The van der Waals surface area contributed by atoms with E-state index in [1.165, 1.54) is 11.8 Å². The van der Waals surface area contributed by atoms with Gasteiger partial charge in [-0.3, -0.25) is 0 Å². The zero-order valence-electron chi connectivity index (χ0n) is 8.22. The summed E-state index contributed by atoms with van der Waals surface area (Å²) in [5.41, 5.74) is 1.75. The van der Waals surface area contributed by atoms with Crippen LogP contribution >= 0.6 is 11.8 Å². The molecule has 1 N–H and O–H groups in total. The van der Waals surface area contributed by atoms with Crippen LogP contribution in [0.4, 0.5) is 10.1 Å². The fraction of sp³-hybridized carbons (Fsp3) is 0.455. The summed E-state index contributed by atoms with van der Waals surface area (Å²) in [5, 5.41) is 3.25. The maximum absolute atomic E-state index is 13.4. The first-order chi connectivity index (χ1) is 6.75. The van der Waals surface area contributed by atoms with E-state index in [9.17, 15) is 4.39 Å². The van der Waals surface area contributed by atoms with Gasteiger partial charge in [-0.1, -0.05) is 6.07 Å². The average molecular weight is 211 g/mol. The van der Waals surface area contributed by atoms with E-state index in [1.807, 2.05) is 24.8 Å². The Bertz CT molecular complexity index is 321. The van der Waals surface area contributed by atoms with Crippen molar-refractivity contribution in [3.8, 4) is 0 Å². The highest BCUT2D eigenvalue weighted by molar-refractivity contribution is 7.99. The summed E-state index contributed by atoms with van der Waals surface area (Å²) in [6.07, 6.45) is 1.14. The Morgan fingerprint density at radius 3 is 3.07 bits per heavy atom. The molecular weight excluding hydrogens is 197 g/mol. The third-order valence-electron chi connectivity index (χ3n) is 2.41. The lowest BCUT2D eigenvalue weighted by atomic mass is 10.2. The number of hydrogen-bond acceptors (Lipinski definition) is 2. The van der Waals surface area contributed by atoms with Gasteiger partial charge < -0.3 is 5.32 Å². The van der Waals surface area contributed by atoms with Gasteiger partial charge in [0, 0.05) is 11.8 Å².